The van der Waals surface area contributed by atoms with E-state index in [1.807, 2.05) is 13.0 Å². The Morgan fingerprint density at radius 3 is 2.44 bits per heavy atom. The normalized spacial score (nSPS) is 10.4. The van der Waals surface area contributed by atoms with Crippen LogP contribution >= 0.6 is 27.3 Å². The van der Waals surface area contributed by atoms with Crippen LogP contribution in [0.5, 0.6) is 0 Å². The predicted molar refractivity (Wildman–Crippen MR) is 71.0 cm³/mol. The van der Waals surface area contributed by atoms with E-state index in [1.165, 1.54) is 11.3 Å². The summed E-state index contributed by atoms with van der Waals surface area (Å²) in [5, 5.41) is 0. The summed E-state index contributed by atoms with van der Waals surface area (Å²) < 4.78 is 1.01. The maximum absolute atomic E-state index is 12.1. The minimum absolute atomic E-state index is 0.0406. The molecule has 0 radical (unpaired) electrons. The molecule has 0 aliphatic rings. The summed E-state index contributed by atoms with van der Waals surface area (Å²) in [5.74, 6) is 0.0406. The molecule has 0 aliphatic heterocycles. The number of hydrogen-bond acceptors (Lipinski definition) is 3. The molecule has 2 rings (SSSR count). The van der Waals surface area contributed by atoms with Crippen LogP contribution in [0.25, 0.3) is 0 Å². The number of thiophene rings is 1. The predicted octanol–water partition coefficient (Wildman–Crippen LogP) is 3.63. The minimum Gasteiger partial charge on any atom is -0.399 e. The third kappa shape index (κ3) is 2.18. The van der Waals surface area contributed by atoms with Gasteiger partial charge in [0.15, 0.2) is 0 Å². The van der Waals surface area contributed by atoms with E-state index in [0.29, 0.717) is 11.3 Å². The van der Waals surface area contributed by atoms with Gasteiger partial charge in [0.1, 0.15) is 0 Å². The van der Waals surface area contributed by atoms with Crippen molar-refractivity contribution in [1.29, 1.82) is 0 Å². The summed E-state index contributed by atoms with van der Waals surface area (Å²) in [7, 11) is 0. The number of nitrogens with two attached hydrogens (primary N) is 1. The molecule has 1 aromatic carbocycles. The zero-order valence-electron chi connectivity index (χ0n) is 8.66. The quantitative estimate of drug-likeness (QED) is 0.679. The van der Waals surface area contributed by atoms with Gasteiger partial charge in [0.2, 0.25) is 5.78 Å². The maximum Gasteiger partial charge on any atom is 0.202 e. The summed E-state index contributed by atoms with van der Waals surface area (Å²) in [4.78, 5) is 12.8. The Morgan fingerprint density at radius 1 is 1.31 bits per heavy atom. The molecular formula is C12H10BrNOS. The second-order valence-electron chi connectivity index (χ2n) is 3.52. The van der Waals surface area contributed by atoms with Crippen molar-refractivity contribution in [2.75, 3.05) is 5.73 Å². The minimum atomic E-state index is 0.0406. The molecule has 0 saturated heterocycles. The van der Waals surface area contributed by atoms with Crippen molar-refractivity contribution in [3.05, 3.63) is 50.1 Å². The van der Waals surface area contributed by atoms with Crippen molar-refractivity contribution in [1.82, 2.24) is 0 Å². The molecule has 0 bridgehead atoms. The van der Waals surface area contributed by atoms with Gasteiger partial charge in [-0.3, -0.25) is 4.79 Å². The Labute approximate surface area is 106 Å². The largest absolute Gasteiger partial charge is 0.399 e. The van der Waals surface area contributed by atoms with Gasteiger partial charge >= 0.3 is 0 Å². The molecule has 1 aromatic heterocycles. The number of rotatable bonds is 2. The average Bonchev–Trinajstić information content (AvgIpc) is 2.59. The molecule has 0 spiro atoms. The van der Waals surface area contributed by atoms with Crippen LogP contribution in [0.4, 0.5) is 5.69 Å². The van der Waals surface area contributed by atoms with Crippen molar-refractivity contribution in [3.8, 4) is 0 Å². The Morgan fingerprint density at radius 2 is 1.94 bits per heavy atom. The topological polar surface area (TPSA) is 43.1 Å². The van der Waals surface area contributed by atoms with Crippen LogP contribution in [0.1, 0.15) is 20.8 Å². The molecule has 2 N–H and O–H groups in total. The highest BCUT2D eigenvalue weighted by Gasteiger charge is 2.13. The SMILES string of the molecule is Cc1cc(C(=O)c2ccc(N)cc2)sc1Br. The lowest BCUT2D eigenvalue weighted by atomic mass is 10.1. The third-order valence-electron chi connectivity index (χ3n) is 2.25. The molecule has 16 heavy (non-hydrogen) atoms. The number of anilines is 1. The number of nitrogen functional groups attached to an aromatic ring is 1. The standard InChI is InChI=1S/C12H10BrNOS/c1-7-6-10(16-12(7)13)11(15)8-2-4-9(14)5-3-8/h2-6H,14H2,1H3. The molecule has 0 saturated carbocycles. The Bertz CT molecular complexity index is 511. The first-order valence-corrected chi connectivity index (χ1v) is 6.35. The van der Waals surface area contributed by atoms with Gasteiger partial charge in [0.05, 0.1) is 8.66 Å². The summed E-state index contributed by atoms with van der Waals surface area (Å²) >= 11 is 4.87. The summed E-state index contributed by atoms with van der Waals surface area (Å²) in [6, 6.07) is 8.88. The Hall–Kier alpha value is -1.13. The molecule has 0 atom stereocenters. The van der Waals surface area contributed by atoms with E-state index < -0.39 is 0 Å². The summed E-state index contributed by atoms with van der Waals surface area (Å²) in [6.45, 7) is 1.97. The fraction of sp³-hybridized carbons (Fsp3) is 0.0833. The van der Waals surface area contributed by atoms with E-state index in [2.05, 4.69) is 15.9 Å². The highest BCUT2D eigenvalue weighted by molar-refractivity contribution is 9.11. The van der Waals surface area contributed by atoms with Crippen LogP contribution < -0.4 is 5.73 Å². The van der Waals surface area contributed by atoms with Crippen LogP contribution in [0.3, 0.4) is 0 Å². The zero-order chi connectivity index (χ0) is 11.7. The van der Waals surface area contributed by atoms with E-state index in [9.17, 15) is 4.79 Å². The molecule has 0 amide bonds. The van der Waals surface area contributed by atoms with Gasteiger partial charge < -0.3 is 5.73 Å². The second kappa shape index (κ2) is 4.39. The second-order valence-corrected chi connectivity index (χ2v) is 5.89. The maximum atomic E-state index is 12.1. The molecule has 2 aromatic rings. The van der Waals surface area contributed by atoms with Crippen LogP contribution in [-0.4, -0.2) is 5.78 Å². The van der Waals surface area contributed by atoms with Crippen molar-refractivity contribution >= 4 is 38.7 Å². The van der Waals surface area contributed by atoms with Crippen LogP contribution in [-0.2, 0) is 0 Å². The number of hydrogen-bond donors (Lipinski definition) is 1. The molecule has 1 heterocycles. The van der Waals surface area contributed by atoms with E-state index in [1.54, 1.807) is 24.3 Å². The van der Waals surface area contributed by atoms with Crippen molar-refractivity contribution in [3.63, 3.8) is 0 Å². The molecule has 2 nitrogen and oxygen atoms in total. The monoisotopic (exact) mass is 295 g/mol. The van der Waals surface area contributed by atoms with Gasteiger partial charge in [-0.1, -0.05) is 0 Å². The summed E-state index contributed by atoms with van der Waals surface area (Å²) in [5.41, 5.74) is 8.00. The summed E-state index contributed by atoms with van der Waals surface area (Å²) in [6.07, 6.45) is 0. The molecule has 82 valence electrons. The Balaban J connectivity index is 2.35. The van der Waals surface area contributed by atoms with Crippen molar-refractivity contribution in [2.45, 2.75) is 6.92 Å². The molecule has 0 unspecified atom stereocenters. The average molecular weight is 296 g/mol. The van der Waals surface area contributed by atoms with E-state index in [0.717, 1.165) is 14.2 Å². The molecular weight excluding hydrogens is 286 g/mol. The zero-order valence-corrected chi connectivity index (χ0v) is 11.1. The fourth-order valence-corrected chi connectivity index (χ4v) is 2.85. The first kappa shape index (κ1) is 11.4. The molecule has 0 fully saturated rings. The fourth-order valence-electron chi connectivity index (χ4n) is 1.35. The smallest absolute Gasteiger partial charge is 0.202 e. The van der Waals surface area contributed by atoms with Gasteiger partial charge in [-0.2, -0.15) is 0 Å². The lowest BCUT2D eigenvalue weighted by molar-refractivity contribution is 0.104. The number of aryl methyl sites for hydroxylation is 1. The van der Waals surface area contributed by atoms with Crippen LogP contribution in [0.15, 0.2) is 34.1 Å². The van der Waals surface area contributed by atoms with E-state index >= 15 is 0 Å². The number of benzene rings is 1. The van der Waals surface area contributed by atoms with Gasteiger partial charge in [-0.05, 0) is 58.7 Å². The molecule has 4 heteroatoms. The van der Waals surface area contributed by atoms with E-state index in [-0.39, 0.29) is 5.78 Å². The highest BCUT2D eigenvalue weighted by Crippen LogP contribution is 2.29. The lowest BCUT2D eigenvalue weighted by Gasteiger charge is -1.98. The van der Waals surface area contributed by atoms with Gasteiger partial charge in [-0.25, -0.2) is 0 Å². The van der Waals surface area contributed by atoms with Gasteiger partial charge in [-0.15, -0.1) is 11.3 Å². The number of carbonyl (C=O) groups excluding carboxylic acids is 1. The molecule has 0 aliphatic carbocycles. The first-order chi connectivity index (χ1) is 7.58. The Kier molecular flexibility index (Phi) is 3.12. The van der Waals surface area contributed by atoms with Gasteiger partial charge in [0, 0.05) is 11.3 Å². The lowest BCUT2D eigenvalue weighted by Crippen LogP contribution is -1.98. The number of halogens is 1. The van der Waals surface area contributed by atoms with Gasteiger partial charge in [0.25, 0.3) is 0 Å². The van der Waals surface area contributed by atoms with Crippen molar-refractivity contribution in [2.24, 2.45) is 0 Å². The number of carbonyl (C=O) groups is 1. The highest BCUT2D eigenvalue weighted by atomic mass is 79.9. The first-order valence-electron chi connectivity index (χ1n) is 4.74. The number of ketones is 1. The van der Waals surface area contributed by atoms with Crippen LogP contribution in [0.2, 0.25) is 0 Å². The van der Waals surface area contributed by atoms with Crippen molar-refractivity contribution < 1.29 is 4.79 Å². The third-order valence-corrected chi connectivity index (χ3v) is 4.39. The van der Waals surface area contributed by atoms with Crippen LogP contribution in [0, 0.1) is 6.92 Å². The van der Waals surface area contributed by atoms with E-state index in [4.69, 9.17) is 5.73 Å².